The van der Waals surface area contributed by atoms with Crippen molar-refractivity contribution < 1.29 is 20.1 Å². The average molecular weight is 300 g/mol. The Labute approximate surface area is 129 Å². The lowest BCUT2D eigenvalue weighted by Gasteiger charge is -2.42. The Bertz CT molecular complexity index is 729. The molecular weight excluding hydrogens is 278 g/mol. The molecule has 5 heteroatoms. The highest BCUT2D eigenvalue weighted by Crippen LogP contribution is 2.35. The average Bonchev–Trinajstić information content (AvgIpc) is 2.90. The molecule has 2 aliphatic heterocycles. The number of nitrogens with two attached hydrogens (primary N) is 1. The molecule has 0 aliphatic carbocycles. The summed E-state index contributed by atoms with van der Waals surface area (Å²) in [6, 6.07) is 7.74. The van der Waals surface area contributed by atoms with Gasteiger partial charge in [-0.1, -0.05) is 18.2 Å². The van der Waals surface area contributed by atoms with Crippen LogP contribution in [0.5, 0.6) is 0 Å². The summed E-state index contributed by atoms with van der Waals surface area (Å²) in [6.07, 6.45) is 2.55. The maximum atomic E-state index is 11.6. The number of likely N-dealkylation sites (tertiary alicyclic amines) is 1. The highest BCUT2D eigenvalue weighted by atomic mass is 16.4. The summed E-state index contributed by atoms with van der Waals surface area (Å²) >= 11 is 0. The Morgan fingerprint density at radius 1 is 1.36 bits per heavy atom. The Morgan fingerprint density at radius 3 is 2.82 bits per heavy atom. The van der Waals surface area contributed by atoms with Gasteiger partial charge < -0.3 is 25.1 Å². The molecule has 0 amide bonds. The van der Waals surface area contributed by atoms with Crippen molar-refractivity contribution in [3.63, 3.8) is 0 Å². The third-order valence-electron chi connectivity index (χ3n) is 5.55. The fraction of sp³-hybridized carbons (Fsp3) is 0.471. The molecular formula is C17H22N3O2+. The van der Waals surface area contributed by atoms with Gasteiger partial charge in [-0.05, 0) is 11.6 Å². The van der Waals surface area contributed by atoms with Gasteiger partial charge >= 0.3 is 0 Å². The number of aromatic amines is 1. The van der Waals surface area contributed by atoms with Crippen molar-refractivity contribution in [2.75, 3.05) is 20.1 Å². The van der Waals surface area contributed by atoms with Crippen LogP contribution in [-0.2, 0) is 16.8 Å². The topological polar surface area (TPSA) is 77.0 Å². The first-order valence-corrected chi connectivity index (χ1v) is 8.07. The summed E-state index contributed by atoms with van der Waals surface area (Å²) in [5, 5.41) is 14.8. The Kier molecular flexibility index (Phi) is 3.03. The van der Waals surface area contributed by atoms with Crippen molar-refractivity contribution in [1.82, 2.24) is 4.98 Å². The summed E-state index contributed by atoms with van der Waals surface area (Å²) in [4.78, 5) is 16.7. The molecule has 0 saturated carbocycles. The Morgan fingerprint density at radius 2 is 2.09 bits per heavy atom. The number of hydrogen-bond acceptors (Lipinski definition) is 2. The molecule has 1 aromatic heterocycles. The Hall–Kier alpha value is -1.85. The Balaban J connectivity index is 1.88. The van der Waals surface area contributed by atoms with Crippen LogP contribution in [0.2, 0.25) is 0 Å². The fourth-order valence-electron chi connectivity index (χ4n) is 4.28. The van der Waals surface area contributed by atoms with Crippen molar-refractivity contribution in [1.29, 1.82) is 0 Å². The number of H-pyrrole nitrogens is 1. The highest BCUT2D eigenvalue weighted by molar-refractivity contribution is 5.86. The van der Waals surface area contributed by atoms with Crippen LogP contribution in [0.25, 0.3) is 10.9 Å². The summed E-state index contributed by atoms with van der Waals surface area (Å²) in [5.74, 6) is -0.943. The first-order valence-electron chi connectivity index (χ1n) is 8.07. The van der Waals surface area contributed by atoms with Gasteiger partial charge in [0.25, 0.3) is 0 Å². The smallest absolute Gasteiger partial charge is 0.148 e. The number of carboxylic acid groups (broad SMARTS) is 1. The molecule has 0 bridgehead atoms. The zero-order valence-electron chi connectivity index (χ0n) is 12.8. The number of carboxylic acids is 1. The van der Waals surface area contributed by atoms with E-state index in [2.05, 4.69) is 29.5 Å². The molecule has 2 aromatic rings. The summed E-state index contributed by atoms with van der Waals surface area (Å²) in [5.41, 5.74) is 3.42. The van der Waals surface area contributed by atoms with Crippen molar-refractivity contribution in [2.24, 2.45) is 0 Å². The van der Waals surface area contributed by atoms with Gasteiger partial charge in [0.1, 0.15) is 11.6 Å². The van der Waals surface area contributed by atoms with E-state index in [4.69, 9.17) is 0 Å². The first-order chi connectivity index (χ1) is 10.6. The van der Waals surface area contributed by atoms with Crippen molar-refractivity contribution >= 4 is 16.9 Å². The number of rotatable bonds is 1. The van der Waals surface area contributed by atoms with Crippen LogP contribution < -0.4 is 15.3 Å². The summed E-state index contributed by atoms with van der Waals surface area (Å²) in [7, 11) is 2.21. The maximum Gasteiger partial charge on any atom is 0.148 e. The van der Waals surface area contributed by atoms with Crippen molar-refractivity contribution in [3.8, 4) is 0 Å². The van der Waals surface area contributed by atoms with Crippen LogP contribution in [0, 0.1) is 0 Å². The van der Waals surface area contributed by atoms with E-state index in [1.165, 1.54) is 21.5 Å². The molecule has 1 saturated heterocycles. The van der Waals surface area contributed by atoms with Gasteiger partial charge in [-0.25, -0.2) is 0 Å². The molecule has 1 aromatic carbocycles. The van der Waals surface area contributed by atoms with Gasteiger partial charge in [0.2, 0.25) is 0 Å². The second kappa shape index (κ2) is 4.83. The molecule has 2 aliphatic rings. The van der Waals surface area contributed by atoms with Crippen LogP contribution in [-0.4, -0.2) is 37.1 Å². The minimum absolute atomic E-state index is 0.128. The second-order valence-corrected chi connectivity index (χ2v) is 6.93. The number of aromatic nitrogens is 1. The molecule has 0 radical (unpaired) electrons. The van der Waals surface area contributed by atoms with E-state index in [0.717, 1.165) is 31.4 Å². The molecule has 5 nitrogen and oxygen atoms in total. The van der Waals surface area contributed by atoms with E-state index in [-0.39, 0.29) is 5.54 Å². The van der Waals surface area contributed by atoms with E-state index in [1.54, 1.807) is 0 Å². The number of hydrogen-bond donors (Lipinski definition) is 3. The molecule has 22 heavy (non-hydrogen) atoms. The van der Waals surface area contributed by atoms with Gasteiger partial charge in [0.05, 0.1) is 44.6 Å². The van der Waals surface area contributed by atoms with Gasteiger partial charge in [-0.2, -0.15) is 0 Å². The standard InChI is InChI=1S/C17H21N3O2/c1-20-8-6-17(7-9-20)15-12(10-14(19-17)16(21)22)11-4-2-3-5-13(11)18-15/h2-5,14,18-19H,6-10H2,1H3,(H,21,22)/p+1/t14-/m1/s1. The van der Waals surface area contributed by atoms with Crippen molar-refractivity contribution in [2.45, 2.75) is 30.8 Å². The number of piperidine rings is 1. The van der Waals surface area contributed by atoms with E-state index < -0.39 is 12.0 Å². The van der Waals surface area contributed by atoms with Crippen LogP contribution in [0.1, 0.15) is 24.1 Å². The lowest BCUT2D eigenvalue weighted by atomic mass is 9.77. The maximum absolute atomic E-state index is 11.6. The number of para-hydroxylation sites is 1. The predicted octanol–water partition coefficient (Wildman–Crippen LogP) is -2.09. The molecule has 4 rings (SSSR count). The number of nitrogens with one attached hydrogen (secondary N) is 2. The third-order valence-corrected chi connectivity index (χ3v) is 5.55. The first kappa shape index (κ1) is 13.8. The van der Waals surface area contributed by atoms with Gasteiger partial charge in [-0.15, -0.1) is 0 Å². The predicted molar refractivity (Wildman–Crippen MR) is 80.3 cm³/mol. The lowest BCUT2D eigenvalue weighted by molar-refractivity contribution is -0.903. The molecule has 4 N–H and O–H groups in total. The number of carbonyl (C=O) groups is 1. The van der Waals surface area contributed by atoms with Crippen LogP contribution >= 0.6 is 0 Å². The van der Waals surface area contributed by atoms with E-state index in [9.17, 15) is 9.90 Å². The fourth-order valence-corrected chi connectivity index (χ4v) is 4.28. The number of carbonyl (C=O) groups excluding carboxylic acids is 1. The largest absolute Gasteiger partial charge is 0.544 e. The molecule has 1 spiro atoms. The van der Waals surface area contributed by atoms with E-state index >= 15 is 0 Å². The lowest BCUT2D eigenvalue weighted by Crippen LogP contribution is -3.14. The zero-order valence-corrected chi connectivity index (χ0v) is 12.8. The normalized spacial score (nSPS) is 31.3. The molecule has 3 heterocycles. The minimum Gasteiger partial charge on any atom is -0.544 e. The van der Waals surface area contributed by atoms with E-state index in [1.807, 2.05) is 12.1 Å². The van der Waals surface area contributed by atoms with Crippen LogP contribution in [0.15, 0.2) is 24.3 Å². The zero-order chi connectivity index (χ0) is 15.3. The number of quaternary nitrogens is 2. The summed E-state index contributed by atoms with van der Waals surface area (Å²) in [6.45, 7) is 2.15. The minimum atomic E-state index is -0.943. The molecule has 116 valence electrons. The van der Waals surface area contributed by atoms with Crippen molar-refractivity contribution in [3.05, 3.63) is 35.5 Å². The van der Waals surface area contributed by atoms with Crippen LogP contribution in [0.4, 0.5) is 0 Å². The number of aliphatic carboxylic acids is 1. The van der Waals surface area contributed by atoms with Crippen LogP contribution in [0.3, 0.4) is 0 Å². The van der Waals surface area contributed by atoms with E-state index in [0.29, 0.717) is 6.42 Å². The van der Waals surface area contributed by atoms with Gasteiger partial charge in [0, 0.05) is 17.3 Å². The third kappa shape index (κ3) is 1.96. The quantitative estimate of drug-likeness (QED) is 0.565. The number of benzene rings is 1. The van der Waals surface area contributed by atoms with Gasteiger partial charge in [-0.3, -0.25) is 0 Å². The summed E-state index contributed by atoms with van der Waals surface area (Å²) < 4.78 is 0. The molecule has 1 fully saturated rings. The second-order valence-electron chi connectivity index (χ2n) is 6.93. The van der Waals surface area contributed by atoms with Gasteiger partial charge in [0.15, 0.2) is 0 Å². The molecule has 1 atom stereocenters. The highest BCUT2D eigenvalue weighted by Gasteiger charge is 2.49. The number of fused-ring (bicyclic) bond motifs is 4. The molecule has 0 unspecified atom stereocenters. The SMILES string of the molecule is C[NH+]1CCC2(CC1)[NH2+][C@@H](C(=O)[O-])Cc1c2[nH]c2ccccc12. The monoisotopic (exact) mass is 300 g/mol.